The maximum absolute atomic E-state index is 10.2. The highest BCUT2D eigenvalue weighted by atomic mass is 16.5. The minimum Gasteiger partial charge on any atom is -0.491 e. The zero-order valence-electron chi connectivity index (χ0n) is 14.0. The highest BCUT2D eigenvalue weighted by Gasteiger charge is 2.20. The number of nitrogens with zero attached hydrogens (tertiary/aromatic N) is 4. The molecular weight excluding hydrogens is 320 g/mol. The first-order valence-electron chi connectivity index (χ1n) is 8.38. The molecule has 0 bridgehead atoms. The fraction of sp³-hybridized carbons (Fsp3) is 0.444. The quantitative estimate of drug-likeness (QED) is 0.806. The first-order valence-corrected chi connectivity index (χ1v) is 8.38. The predicted octanol–water partition coefficient (Wildman–Crippen LogP) is 1.10. The van der Waals surface area contributed by atoms with Crippen molar-refractivity contribution in [3.63, 3.8) is 0 Å². The number of ether oxygens (including phenoxy) is 1. The summed E-state index contributed by atoms with van der Waals surface area (Å²) < 4.78 is 10.4. The number of β-amino-alcohol motifs (C(OH)–C–C–N with tert-alkyl or cyclic N) is 1. The molecule has 1 aromatic carbocycles. The summed E-state index contributed by atoms with van der Waals surface area (Å²) in [6, 6.07) is 10.8. The molecule has 1 aromatic heterocycles. The van der Waals surface area contributed by atoms with Gasteiger partial charge in [-0.2, -0.15) is 5.26 Å². The lowest BCUT2D eigenvalue weighted by Crippen LogP contribution is -2.48. The third-order valence-corrected chi connectivity index (χ3v) is 4.24. The Labute approximate surface area is 147 Å². The van der Waals surface area contributed by atoms with Crippen LogP contribution in [0, 0.1) is 11.3 Å². The molecule has 2 aromatic rings. The second kappa shape index (κ2) is 8.62. The highest BCUT2D eigenvalue weighted by molar-refractivity contribution is 5.34. The average Bonchev–Trinajstić information content (AvgIpc) is 3.15. The van der Waals surface area contributed by atoms with E-state index in [0.29, 0.717) is 17.9 Å². The number of hydrogen-bond donors (Lipinski definition) is 1. The molecule has 1 N–H and O–H groups in total. The highest BCUT2D eigenvalue weighted by Crippen LogP contribution is 2.12. The molecule has 1 fully saturated rings. The number of piperazine rings is 1. The number of aromatic nitrogens is 1. The van der Waals surface area contributed by atoms with Gasteiger partial charge in [-0.05, 0) is 24.3 Å². The third kappa shape index (κ3) is 5.29. The molecular formula is C18H22N4O3. The summed E-state index contributed by atoms with van der Waals surface area (Å²) in [5.74, 6) is 0.662. The van der Waals surface area contributed by atoms with Crippen LogP contribution in [-0.4, -0.2) is 65.5 Å². The van der Waals surface area contributed by atoms with E-state index in [1.807, 2.05) is 6.07 Å². The van der Waals surface area contributed by atoms with Crippen LogP contribution in [-0.2, 0) is 6.54 Å². The SMILES string of the molecule is N#Cc1ccc(OCC(O)CN2CCN(Cc3ccon3)CC2)cc1. The van der Waals surface area contributed by atoms with Gasteiger partial charge >= 0.3 is 0 Å². The molecule has 0 radical (unpaired) electrons. The topological polar surface area (TPSA) is 85.8 Å². The molecule has 7 heteroatoms. The Kier molecular flexibility index (Phi) is 6.01. The van der Waals surface area contributed by atoms with Gasteiger partial charge in [0.05, 0.1) is 17.3 Å². The zero-order valence-corrected chi connectivity index (χ0v) is 14.0. The van der Waals surface area contributed by atoms with E-state index in [1.165, 1.54) is 0 Å². The van der Waals surface area contributed by atoms with Crippen molar-refractivity contribution >= 4 is 0 Å². The van der Waals surface area contributed by atoms with Crippen molar-refractivity contribution in [3.05, 3.63) is 47.9 Å². The van der Waals surface area contributed by atoms with Gasteiger partial charge in [-0.25, -0.2) is 0 Å². The number of rotatable bonds is 7. The molecule has 1 atom stereocenters. The van der Waals surface area contributed by atoms with Crippen molar-refractivity contribution in [1.29, 1.82) is 5.26 Å². The summed E-state index contributed by atoms with van der Waals surface area (Å²) in [5, 5.41) is 22.9. The van der Waals surface area contributed by atoms with E-state index in [-0.39, 0.29) is 6.61 Å². The molecule has 0 aliphatic carbocycles. The van der Waals surface area contributed by atoms with E-state index >= 15 is 0 Å². The molecule has 3 rings (SSSR count). The Morgan fingerprint density at radius 2 is 1.88 bits per heavy atom. The predicted molar refractivity (Wildman–Crippen MR) is 90.9 cm³/mol. The minimum atomic E-state index is -0.544. The second-order valence-electron chi connectivity index (χ2n) is 6.17. The Bertz CT molecular complexity index is 673. The molecule has 1 aliphatic heterocycles. The molecule has 2 heterocycles. The Morgan fingerprint density at radius 3 is 2.52 bits per heavy atom. The molecule has 1 aliphatic rings. The Morgan fingerprint density at radius 1 is 1.16 bits per heavy atom. The van der Waals surface area contributed by atoms with Crippen molar-refractivity contribution in [3.8, 4) is 11.8 Å². The van der Waals surface area contributed by atoms with E-state index in [2.05, 4.69) is 21.0 Å². The van der Waals surface area contributed by atoms with Gasteiger partial charge in [0.1, 0.15) is 24.7 Å². The van der Waals surface area contributed by atoms with Gasteiger partial charge in [-0.1, -0.05) is 5.16 Å². The largest absolute Gasteiger partial charge is 0.491 e. The molecule has 132 valence electrons. The lowest BCUT2D eigenvalue weighted by Gasteiger charge is -2.35. The van der Waals surface area contributed by atoms with Crippen molar-refractivity contribution in [2.75, 3.05) is 39.3 Å². The van der Waals surface area contributed by atoms with Crippen molar-refractivity contribution in [1.82, 2.24) is 15.0 Å². The van der Waals surface area contributed by atoms with Crippen LogP contribution in [0.4, 0.5) is 0 Å². The van der Waals surface area contributed by atoms with Gasteiger partial charge in [-0.3, -0.25) is 9.80 Å². The summed E-state index contributed by atoms with van der Waals surface area (Å²) in [6.45, 7) is 5.33. The van der Waals surface area contributed by atoms with E-state index in [4.69, 9.17) is 14.5 Å². The van der Waals surface area contributed by atoms with Crippen LogP contribution in [0.25, 0.3) is 0 Å². The number of aliphatic hydroxyl groups is 1. The summed E-state index contributed by atoms with van der Waals surface area (Å²) >= 11 is 0. The fourth-order valence-electron chi connectivity index (χ4n) is 2.85. The summed E-state index contributed by atoms with van der Waals surface area (Å²) in [7, 11) is 0. The van der Waals surface area contributed by atoms with Crippen molar-refractivity contribution < 1.29 is 14.4 Å². The minimum absolute atomic E-state index is 0.241. The molecule has 7 nitrogen and oxygen atoms in total. The normalized spacial score (nSPS) is 17.1. The summed E-state index contributed by atoms with van der Waals surface area (Å²) in [5.41, 5.74) is 1.54. The Hall–Kier alpha value is -2.40. The average molecular weight is 342 g/mol. The number of aliphatic hydroxyl groups excluding tert-OH is 1. The summed E-state index contributed by atoms with van der Waals surface area (Å²) in [6.07, 6.45) is 1.05. The first kappa shape index (κ1) is 17.4. The monoisotopic (exact) mass is 342 g/mol. The van der Waals surface area contributed by atoms with E-state index in [1.54, 1.807) is 30.5 Å². The van der Waals surface area contributed by atoms with Gasteiger partial charge in [0.15, 0.2) is 0 Å². The van der Waals surface area contributed by atoms with E-state index in [9.17, 15) is 5.11 Å². The molecule has 1 saturated heterocycles. The fourth-order valence-corrected chi connectivity index (χ4v) is 2.85. The smallest absolute Gasteiger partial charge is 0.124 e. The van der Waals surface area contributed by atoms with Crippen LogP contribution >= 0.6 is 0 Å². The van der Waals surface area contributed by atoms with Gasteiger partial charge in [0.25, 0.3) is 0 Å². The lowest BCUT2D eigenvalue weighted by molar-refractivity contribution is 0.0442. The first-order chi connectivity index (χ1) is 12.2. The lowest BCUT2D eigenvalue weighted by atomic mass is 10.2. The molecule has 25 heavy (non-hydrogen) atoms. The summed E-state index contributed by atoms with van der Waals surface area (Å²) in [4.78, 5) is 4.57. The zero-order chi connectivity index (χ0) is 17.5. The van der Waals surface area contributed by atoms with Crippen LogP contribution in [0.5, 0.6) is 5.75 Å². The van der Waals surface area contributed by atoms with Crippen molar-refractivity contribution in [2.24, 2.45) is 0 Å². The number of nitriles is 1. The second-order valence-corrected chi connectivity index (χ2v) is 6.17. The van der Waals surface area contributed by atoms with Crippen LogP contribution in [0.1, 0.15) is 11.3 Å². The van der Waals surface area contributed by atoms with Gasteiger partial charge in [-0.15, -0.1) is 0 Å². The van der Waals surface area contributed by atoms with Crippen LogP contribution < -0.4 is 4.74 Å². The van der Waals surface area contributed by atoms with Gasteiger partial charge < -0.3 is 14.4 Å². The molecule has 0 spiro atoms. The van der Waals surface area contributed by atoms with Crippen LogP contribution in [0.15, 0.2) is 41.1 Å². The third-order valence-electron chi connectivity index (χ3n) is 4.24. The van der Waals surface area contributed by atoms with Crippen LogP contribution in [0.3, 0.4) is 0 Å². The Balaban J connectivity index is 1.35. The number of hydrogen-bond acceptors (Lipinski definition) is 7. The van der Waals surface area contributed by atoms with Crippen molar-refractivity contribution in [2.45, 2.75) is 12.6 Å². The maximum Gasteiger partial charge on any atom is 0.124 e. The van der Waals surface area contributed by atoms with Gasteiger partial charge in [0, 0.05) is 45.3 Å². The van der Waals surface area contributed by atoms with E-state index < -0.39 is 6.10 Å². The maximum atomic E-state index is 10.2. The van der Waals surface area contributed by atoms with Crippen LogP contribution in [0.2, 0.25) is 0 Å². The van der Waals surface area contributed by atoms with E-state index in [0.717, 1.165) is 38.4 Å². The molecule has 0 saturated carbocycles. The molecule has 0 amide bonds. The molecule has 1 unspecified atom stereocenters. The van der Waals surface area contributed by atoms with Gasteiger partial charge in [0.2, 0.25) is 0 Å². The number of benzene rings is 1. The standard InChI is InChI=1S/C18H22N4O3/c19-11-15-1-3-18(4-2-15)24-14-17(23)13-22-8-6-21(7-9-22)12-16-5-10-25-20-16/h1-5,10,17,23H,6-9,12-14H2.